The summed E-state index contributed by atoms with van der Waals surface area (Å²) in [6.45, 7) is 3.78. The molecule has 0 bridgehead atoms. The molecular formula is C25H20N4O2S2. The summed E-state index contributed by atoms with van der Waals surface area (Å²) in [6.07, 6.45) is 0. The van der Waals surface area contributed by atoms with Crippen molar-refractivity contribution in [2.75, 3.05) is 36.0 Å². The van der Waals surface area contributed by atoms with Crippen molar-refractivity contribution in [3.63, 3.8) is 0 Å². The molecule has 0 N–H and O–H groups in total. The minimum atomic E-state index is -0.369. The first-order valence-corrected chi connectivity index (χ1v) is 12.4. The number of rotatable bonds is 4. The molecule has 0 spiro atoms. The Labute approximate surface area is 198 Å². The van der Waals surface area contributed by atoms with E-state index in [0.717, 1.165) is 51.7 Å². The second-order valence-electron chi connectivity index (χ2n) is 7.86. The van der Waals surface area contributed by atoms with E-state index >= 15 is 0 Å². The first-order valence-electron chi connectivity index (χ1n) is 10.7. The Morgan fingerprint density at radius 3 is 2.48 bits per heavy atom. The van der Waals surface area contributed by atoms with Crippen LogP contribution in [-0.4, -0.2) is 42.1 Å². The molecule has 1 saturated heterocycles. The molecule has 33 heavy (non-hydrogen) atoms. The Balaban J connectivity index is 1.16. The van der Waals surface area contributed by atoms with Crippen molar-refractivity contribution >= 4 is 59.9 Å². The van der Waals surface area contributed by atoms with Gasteiger partial charge in [0, 0.05) is 37.9 Å². The third-order valence-electron chi connectivity index (χ3n) is 5.80. The van der Waals surface area contributed by atoms with Gasteiger partial charge in [0.1, 0.15) is 5.75 Å². The van der Waals surface area contributed by atoms with E-state index < -0.39 is 0 Å². The highest BCUT2D eigenvalue weighted by Crippen LogP contribution is 2.32. The molecule has 8 heteroatoms. The van der Waals surface area contributed by atoms with Gasteiger partial charge in [-0.05, 0) is 42.5 Å². The molecule has 0 aliphatic carbocycles. The smallest absolute Gasteiger partial charge is 0.343 e. The standard InChI is InChI=1S/C25H20N4O2S2/c30-24(17-6-8-20-22(14-17)32-16-26-20)31-19-7-9-21-23(15-19)33-25(27-21)29-12-10-28(11-13-29)18-4-2-1-3-5-18/h1-9,14-16H,10-13H2. The van der Waals surface area contributed by atoms with E-state index in [0.29, 0.717) is 11.3 Å². The summed E-state index contributed by atoms with van der Waals surface area (Å²) in [5, 5.41) is 1.01. The molecule has 3 aromatic carbocycles. The second kappa shape index (κ2) is 8.46. The number of thiazole rings is 2. The summed E-state index contributed by atoms with van der Waals surface area (Å²) in [7, 11) is 0. The van der Waals surface area contributed by atoms with E-state index in [9.17, 15) is 4.79 Å². The van der Waals surface area contributed by atoms with Crippen LogP contribution in [0, 0.1) is 0 Å². The number of fused-ring (bicyclic) bond motifs is 2. The van der Waals surface area contributed by atoms with Crippen LogP contribution in [-0.2, 0) is 0 Å². The van der Waals surface area contributed by atoms with E-state index in [2.05, 4.69) is 39.0 Å². The predicted molar refractivity (Wildman–Crippen MR) is 135 cm³/mol. The number of carbonyl (C=O) groups excluding carboxylic acids is 1. The van der Waals surface area contributed by atoms with E-state index in [1.807, 2.05) is 36.4 Å². The molecule has 2 aromatic heterocycles. The number of ether oxygens (including phenoxy) is 1. The molecule has 5 aromatic rings. The van der Waals surface area contributed by atoms with Crippen molar-refractivity contribution in [1.82, 2.24) is 9.97 Å². The number of nitrogens with zero attached hydrogens (tertiary/aromatic N) is 4. The zero-order valence-corrected chi connectivity index (χ0v) is 19.3. The topological polar surface area (TPSA) is 58.6 Å². The van der Waals surface area contributed by atoms with Gasteiger partial charge in [-0.2, -0.15) is 0 Å². The van der Waals surface area contributed by atoms with Crippen LogP contribution in [0.15, 0.2) is 72.2 Å². The average molecular weight is 473 g/mol. The quantitative estimate of drug-likeness (QED) is 0.256. The van der Waals surface area contributed by atoms with Crippen LogP contribution in [0.4, 0.5) is 10.8 Å². The lowest BCUT2D eigenvalue weighted by Crippen LogP contribution is -2.46. The highest BCUT2D eigenvalue weighted by molar-refractivity contribution is 7.22. The van der Waals surface area contributed by atoms with Gasteiger partial charge >= 0.3 is 5.97 Å². The Kier molecular flexibility index (Phi) is 5.16. The molecule has 0 amide bonds. The highest BCUT2D eigenvalue weighted by atomic mass is 32.1. The minimum absolute atomic E-state index is 0.369. The summed E-state index contributed by atoms with van der Waals surface area (Å²) < 4.78 is 7.64. The van der Waals surface area contributed by atoms with Crippen LogP contribution < -0.4 is 14.5 Å². The molecule has 1 aliphatic rings. The van der Waals surface area contributed by atoms with Crippen molar-refractivity contribution in [1.29, 1.82) is 0 Å². The lowest BCUT2D eigenvalue weighted by molar-refractivity contribution is 0.0735. The van der Waals surface area contributed by atoms with Crippen LogP contribution in [0.1, 0.15) is 10.4 Å². The number of carbonyl (C=O) groups is 1. The fraction of sp³-hybridized carbons (Fsp3) is 0.160. The number of anilines is 2. The van der Waals surface area contributed by atoms with Gasteiger partial charge in [0.05, 0.1) is 31.5 Å². The van der Waals surface area contributed by atoms with Crippen molar-refractivity contribution in [2.45, 2.75) is 0 Å². The van der Waals surface area contributed by atoms with Crippen molar-refractivity contribution in [3.8, 4) is 5.75 Å². The number of piperazine rings is 1. The Hall–Kier alpha value is -3.49. The molecule has 3 heterocycles. The number of hydrogen-bond donors (Lipinski definition) is 0. The maximum Gasteiger partial charge on any atom is 0.343 e. The molecule has 0 atom stereocenters. The van der Waals surface area contributed by atoms with Crippen molar-refractivity contribution in [2.24, 2.45) is 0 Å². The number of aromatic nitrogens is 2. The zero-order chi connectivity index (χ0) is 22.2. The molecule has 6 nitrogen and oxygen atoms in total. The van der Waals surface area contributed by atoms with Gasteiger partial charge in [-0.15, -0.1) is 11.3 Å². The largest absolute Gasteiger partial charge is 0.423 e. The first-order chi connectivity index (χ1) is 16.2. The Morgan fingerprint density at radius 2 is 1.64 bits per heavy atom. The molecule has 164 valence electrons. The third kappa shape index (κ3) is 4.03. The SMILES string of the molecule is O=C(Oc1ccc2nc(N3CCN(c4ccccc4)CC3)sc2c1)c1ccc2ncsc2c1. The highest BCUT2D eigenvalue weighted by Gasteiger charge is 2.20. The lowest BCUT2D eigenvalue weighted by Gasteiger charge is -2.35. The summed E-state index contributed by atoms with van der Waals surface area (Å²) >= 11 is 3.15. The van der Waals surface area contributed by atoms with Gasteiger partial charge in [0.15, 0.2) is 5.13 Å². The average Bonchev–Trinajstić information content (AvgIpc) is 3.51. The molecular weight excluding hydrogens is 452 g/mol. The number of esters is 1. The maximum atomic E-state index is 12.7. The van der Waals surface area contributed by atoms with E-state index in [-0.39, 0.29) is 5.97 Å². The lowest BCUT2D eigenvalue weighted by atomic mass is 10.2. The van der Waals surface area contributed by atoms with Gasteiger partial charge in [0.25, 0.3) is 0 Å². The Bertz CT molecular complexity index is 1440. The monoisotopic (exact) mass is 472 g/mol. The van der Waals surface area contributed by atoms with Gasteiger partial charge in [-0.1, -0.05) is 29.5 Å². The molecule has 0 unspecified atom stereocenters. The number of benzene rings is 3. The number of para-hydroxylation sites is 1. The van der Waals surface area contributed by atoms with Gasteiger partial charge < -0.3 is 14.5 Å². The molecule has 0 radical (unpaired) electrons. The van der Waals surface area contributed by atoms with Crippen LogP contribution in [0.3, 0.4) is 0 Å². The first kappa shape index (κ1) is 20.1. The summed E-state index contributed by atoms with van der Waals surface area (Å²) in [4.78, 5) is 26.5. The molecule has 0 saturated carbocycles. The van der Waals surface area contributed by atoms with E-state index in [4.69, 9.17) is 9.72 Å². The van der Waals surface area contributed by atoms with E-state index in [1.165, 1.54) is 17.0 Å². The molecule has 1 aliphatic heterocycles. The van der Waals surface area contributed by atoms with Crippen LogP contribution in [0.5, 0.6) is 5.75 Å². The van der Waals surface area contributed by atoms with E-state index in [1.54, 1.807) is 22.9 Å². The van der Waals surface area contributed by atoms with Crippen LogP contribution in [0.25, 0.3) is 20.4 Å². The van der Waals surface area contributed by atoms with Crippen molar-refractivity contribution < 1.29 is 9.53 Å². The number of hydrogen-bond acceptors (Lipinski definition) is 8. The summed E-state index contributed by atoms with van der Waals surface area (Å²) in [5.74, 6) is 0.160. The van der Waals surface area contributed by atoms with Crippen molar-refractivity contribution in [3.05, 3.63) is 77.8 Å². The normalized spacial score (nSPS) is 14.2. The maximum absolute atomic E-state index is 12.7. The zero-order valence-electron chi connectivity index (χ0n) is 17.7. The Morgan fingerprint density at radius 1 is 0.848 bits per heavy atom. The molecule has 1 fully saturated rings. The summed E-state index contributed by atoms with van der Waals surface area (Å²) in [6, 6.07) is 21.6. The second-order valence-corrected chi connectivity index (χ2v) is 9.76. The fourth-order valence-electron chi connectivity index (χ4n) is 4.03. The van der Waals surface area contributed by atoms with Crippen LogP contribution >= 0.6 is 22.7 Å². The van der Waals surface area contributed by atoms with Gasteiger partial charge in [-0.25, -0.2) is 14.8 Å². The minimum Gasteiger partial charge on any atom is -0.423 e. The predicted octanol–water partition coefficient (Wildman–Crippen LogP) is 5.45. The molecule has 6 rings (SSSR count). The summed E-state index contributed by atoms with van der Waals surface area (Å²) in [5.41, 5.74) is 5.37. The fourth-order valence-corrected chi connectivity index (χ4v) is 5.80. The van der Waals surface area contributed by atoms with Gasteiger partial charge in [0.2, 0.25) is 0 Å². The van der Waals surface area contributed by atoms with Crippen LogP contribution in [0.2, 0.25) is 0 Å². The van der Waals surface area contributed by atoms with Gasteiger partial charge in [-0.3, -0.25) is 0 Å². The third-order valence-corrected chi connectivity index (χ3v) is 7.67.